The lowest BCUT2D eigenvalue weighted by molar-refractivity contribution is 0.0697. The van der Waals surface area contributed by atoms with Crippen LogP contribution in [0, 0.1) is 0 Å². The summed E-state index contributed by atoms with van der Waals surface area (Å²) in [5.74, 6) is -0.947. The van der Waals surface area contributed by atoms with Gasteiger partial charge in [-0.3, -0.25) is 9.88 Å². The maximum Gasteiger partial charge on any atom is 0.337 e. The Morgan fingerprint density at radius 2 is 2.22 bits per heavy atom. The summed E-state index contributed by atoms with van der Waals surface area (Å²) in [7, 11) is 2.11. The molecule has 0 saturated heterocycles. The molecule has 1 aromatic carbocycles. The predicted octanol–water partition coefficient (Wildman–Crippen LogP) is 4.15. The van der Waals surface area contributed by atoms with E-state index in [1.165, 1.54) is 34.5 Å². The number of anilines is 1. The molecule has 1 aliphatic rings. The fourth-order valence-corrected chi connectivity index (χ4v) is 4.30. The van der Waals surface area contributed by atoms with Gasteiger partial charge in [-0.05, 0) is 58.6 Å². The number of carbonyl (C=O) groups is 1. The fourth-order valence-electron chi connectivity index (χ4n) is 3.64. The standard InChI is InChI=1S/C21H21N3O2S/c1-24-8-5-15-10-14(16-6-9-27-13-16)2-3-17(15)20(24)12-23-19-11-22-7-4-18(19)21(25)26/h2-4,6-7,9-11,13,20,23H,5,8,12H2,1H3,(H,25,26)/t20-/m0/s1. The quantitative estimate of drug-likeness (QED) is 0.697. The highest BCUT2D eigenvalue weighted by atomic mass is 32.1. The first kappa shape index (κ1) is 17.7. The molecule has 2 N–H and O–H groups in total. The van der Waals surface area contributed by atoms with E-state index in [0.29, 0.717) is 12.2 Å². The van der Waals surface area contributed by atoms with Crippen molar-refractivity contribution in [2.75, 3.05) is 25.5 Å². The van der Waals surface area contributed by atoms with Crippen molar-refractivity contribution < 1.29 is 9.90 Å². The first-order chi connectivity index (χ1) is 13.1. The first-order valence-corrected chi connectivity index (χ1v) is 9.84. The SMILES string of the molecule is CN1CCc2cc(-c3ccsc3)ccc2[C@@H]1CNc1cnccc1C(=O)O. The summed E-state index contributed by atoms with van der Waals surface area (Å²) in [6, 6.07) is 10.6. The summed E-state index contributed by atoms with van der Waals surface area (Å²) in [4.78, 5) is 17.8. The maximum atomic E-state index is 11.4. The minimum atomic E-state index is -0.947. The number of benzene rings is 1. The number of rotatable bonds is 5. The van der Waals surface area contributed by atoms with E-state index in [9.17, 15) is 9.90 Å². The van der Waals surface area contributed by atoms with Gasteiger partial charge in [0, 0.05) is 19.3 Å². The topological polar surface area (TPSA) is 65.5 Å². The van der Waals surface area contributed by atoms with Gasteiger partial charge in [0.15, 0.2) is 0 Å². The molecule has 0 fully saturated rings. The molecule has 0 saturated carbocycles. The van der Waals surface area contributed by atoms with Crippen molar-refractivity contribution in [3.63, 3.8) is 0 Å². The zero-order valence-corrected chi connectivity index (χ0v) is 15.9. The lowest BCUT2D eigenvalue weighted by Crippen LogP contribution is -2.36. The molecule has 1 atom stereocenters. The van der Waals surface area contributed by atoms with Gasteiger partial charge in [0.1, 0.15) is 0 Å². The molecule has 27 heavy (non-hydrogen) atoms. The number of likely N-dealkylation sites (N-methyl/N-ethyl adjacent to an activating group) is 1. The molecule has 3 aromatic rings. The molecule has 4 rings (SSSR count). The van der Waals surface area contributed by atoms with Gasteiger partial charge < -0.3 is 10.4 Å². The number of hydrogen-bond donors (Lipinski definition) is 2. The van der Waals surface area contributed by atoms with E-state index in [1.807, 2.05) is 0 Å². The molecule has 0 aliphatic carbocycles. The van der Waals surface area contributed by atoms with Crippen LogP contribution in [0.25, 0.3) is 11.1 Å². The second-order valence-corrected chi connectivity index (χ2v) is 7.56. The summed E-state index contributed by atoms with van der Waals surface area (Å²) in [5, 5.41) is 16.9. The molecule has 3 heterocycles. The van der Waals surface area contributed by atoms with Crippen molar-refractivity contribution in [1.82, 2.24) is 9.88 Å². The van der Waals surface area contributed by atoms with Crippen LogP contribution in [-0.2, 0) is 6.42 Å². The summed E-state index contributed by atoms with van der Waals surface area (Å²) < 4.78 is 0. The molecule has 0 bridgehead atoms. The number of aromatic nitrogens is 1. The normalized spacial score (nSPS) is 16.7. The van der Waals surface area contributed by atoms with Crippen molar-refractivity contribution in [2.24, 2.45) is 0 Å². The third-order valence-electron chi connectivity index (χ3n) is 5.16. The van der Waals surface area contributed by atoms with Crippen LogP contribution in [0.4, 0.5) is 5.69 Å². The molecule has 0 amide bonds. The van der Waals surface area contributed by atoms with Crippen molar-refractivity contribution in [2.45, 2.75) is 12.5 Å². The number of nitrogens with zero attached hydrogens (tertiary/aromatic N) is 2. The summed E-state index contributed by atoms with van der Waals surface area (Å²) in [6.45, 7) is 1.61. The monoisotopic (exact) mass is 379 g/mol. The first-order valence-electron chi connectivity index (χ1n) is 8.90. The summed E-state index contributed by atoms with van der Waals surface area (Å²) >= 11 is 1.71. The highest BCUT2D eigenvalue weighted by Crippen LogP contribution is 2.33. The summed E-state index contributed by atoms with van der Waals surface area (Å²) in [5.41, 5.74) is 5.99. The Morgan fingerprint density at radius 1 is 1.33 bits per heavy atom. The number of aromatic carboxylic acids is 1. The van der Waals surface area contributed by atoms with Crippen molar-refractivity contribution in [1.29, 1.82) is 0 Å². The van der Waals surface area contributed by atoms with Crippen LogP contribution in [0.15, 0.2) is 53.5 Å². The third kappa shape index (κ3) is 3.59. The Labute approximate surface area is 162 Å². The average molecular weight is 379 g/mol. The Morgan fingerprint density at radius 3 is 3.00 bits per heavy atom. The van der Waals surface area contributed by atoms with E-state index in [4.69, 9.17) is 0 Å². The van der Waals surface area contributed by atoms with Gasteiger partial charge in [-0.2, -0.15) is 11.3 Å². The van der Waals surface area contributed by atoms with E-state index >= 15 is 0 Å². The minimum Gasteiger partial charge on any atom is -0.478 e. The van der Waals surface area contributed by atoms with Crippen LogP contribution < -0.4 is 5.32 Å². The number of pyridine rings is 1. The molecule has 0 unspecified atom stereocenters. The second-order valence-electron chi connectivity index (χ2n) is 6.78. The lowest BCUT2D eigenvalue weighted by atomic mass is 9.90. The molecule has 0 radical (unpaired) electrons. The molecule has 138 valence electrons. The van der Waals surface area contributed by atoms with Crippen LogP contribution in [0.3, 0.4) is 0 Å². The zero-order valence-electron chi connectivity index (χ0n) is 15.1. The molecule has 1 aliphatic heterocycles. The largest absolute Gasteiger partial charge is 0.478 e. The second kappa shape index (κ2) is 7.50. The molecule has 6 heteroatoms. The Balaban J connectivity index is 1.58. The third-order valence-corrected chi connectivity index (χ3v) is 5.84. The van der Waals surface area contributed by atoms with Gasteiger partial charge in [0.05, 0.1) is 23.5 Å². The van der Waals surface area contributed by atoms with Gasteiger partial charge in [0.25, 0.3) is 0 Å². The Kier molecular flexibility index (Phi) is 4.92. The Hall–Kier alpha value is -2.70. The number of carboxylic acids is 1. The number of hydrogen-bond acceptors (Lipinski definition) is 5. The summed E-state index contributed by atoms with van der Waals surface area (Å²) in [6.07, 6.45) is 4.10. The van der Waals surface area contributed by atoms with Gasteiger partial charge >= 0.3 is 5.97 Å². The maximum absolute atomic E-state index is 11.4. The van der Waals surface area contributed by atoms with E-state index in [1.54, 1.807) is 17.5 Å². The fraction of sp³-hybridized carbons (Fsp3) is 0.238. The molecule has 0 spiro atoms. The van der Waals surface area contributed by atoms with Gasteiger partial charge in [0.2, 0.25) is 0 Å². The van der Waals surface area contributed by atoms with Crippen molar-refractivity contribution in [3.05, 3.63) is 70.2 Å². The van der Waals surface area contributed by atoms with Crippen LogP contribution in [0.2, 0.25) is 0 Å². The number of thiophene rings is 1. The van der Waals surface area contributed by atoms with E-state index in [0.717, 1.165) is 13.0 Å². The van der Waals surface area contributed by atoms with Gasteiger partial charge in [-0.15, -0.1) is 0 Å². The molecule has 2 aromatic heterocycles. The van der Waals surface area contributed by atoms with Crippen LogP contribution in [-0.4, -0.2) is 41.1 Å². The van der Waals surface area contributed by atoms with Gasteiger partial charge in [-0.25, -0.2) is 4.79 Å². The lowest BCUT2D eigenvalue weighted by Gasteiger charge is -2.35. The highest BCUT2D eigenvalue weighted by Gasteiger charge is 2.25. The Bertz CT molecular complexity index is 956. The van der Waals surface area contributed by atoms with Crippen LogP contribution in [0.1, 0.15) is 27.5 Å². The molecule has 5 nitrogen and oxygen atoms in total. The molecular formula is C21H21N3O2S. The number of nitrogens with one attached hydrogen (secondary N) is 1. The number of carboxylic acid groups (broad SMARTS) is 1. The molecular weight excluding hydrogens is 358 g/mol. The van der Waals surface area contributed by atoms with E-state index < -0.39 is 5.97 Å². The highest BCUT2D eigenvalue weighted by molar-refractivity contribution is 7.08. The minimum absolute atomic E-state index is 0.187. The van der Waals surface area contributed by atoms with Crippen molar-refractivity contribution in [3.8, 4) is 11.1 Å². The zero-order chi connectivity index (χ0) is 18.8. The van der Waals surface area contributed by atoms with E-state index in [2.05, 4.69) is 57.3 Å². The average Bonchev–Trinajstić information content (AvgIpc) is 3.22. The van der Waals surface area contributed by atoms with Gasteiger partial charge in [-0.1, -0.05) is 18.2 Å². The van der Waals surface area contributed by atoms with Crippen molar-refractivity contribution >= 4 is 23.0 Å². The van der Waals surface area contributed by atoms with Crippen LogP contribution >= 0.6 is 11.3 Å². The smallest absolute Gasteiger partial charge is 0.337 e. The van der Waals surface area contributed by atoms with Crippen LogP contribution in [0.5, 0.6) is 0 Å². The number of fused-ring (bicyclic) bond motifs is 1. The van der Waals surface area contributed by atoms with E-state index in [-0.39, 0.29) is 11.6 Å². The predicted molar refractivity (Wildman–Crippen MR) is 109 cm³/mol.